The minimum absolute atomic E-state index is 0.0315. The number of fused-ring (bicyclic) bond motifs is 2. The van der Waals surface area contributed by atoms with Crippen LogP contribution in [0, 0.1) is 0 Å². The number of amides is 1. The first-order chi connectivity index (χ1) is 23.0. The van der Waals surface area contributed by atoms with Crippen LogP contribution in [0.15, 0.2) is 58.2 Å². The van der Waals surface area contributed by atoms with Gasteiger partial charge in [0.1, 0.15) is 10.8 Å². The Hall–Kier alpha value is -3.34. The molecule has 252 valence electrons. The van der Waals surface area contributed by atoms with Gasteiger partial charge in [-0.25, -0.2) is 4.99 Å². The molecule has 9 nitrogen and oxygen atoms in total. The fourth-order valence-corrected chi connectivity index (χ4v) is 7.78. The summed E-state index contributed by atoms with van der Waals surface area (Å²) in [7, 11) is 1.62. The number of nitrogens with zero attached hydrogens (tertiary/aromatic N) is 5. The number of aliphatic imine (C=N–C) groups is 2. The lowest BCUT2D eigenvalue weighted by molar-refractivity contribution is 0.0774. The molecule has 1 amide bonds. The molecule has 0 aromatic heterocycles. The normalized spacial score (nSPS) is 22.3. The highest BCUT2D eigenvalue weighted by atomic mass is 32.2. The number of benzene rings is 2. The van der Waals surface area contributed by atoms with Crippen molar-refractivity contribution >= 4 is 34.6 Å². The van der Waals surface area contributed by atoms with Crippen LogP contribution in [0.5, 0.6) is 17.2 Å². The zero-order valence-corrected chi connectivity index (χ0v) is 29.0. The Morgan fingerprint density at radius 2 is 1.68 bits per heavy atom. The fraction of sp³-hybridized carbons (Fsp3) is 0.541. The molecule has 4 aliphatic heterocycles. The predicted octanol–water partition coefficient (Wildman–Crippen LogP) is 6.44. The van der Waals surface area contributed by atoms with Crippen molar-refractivity contribution in [3.8, 4) is 17.2 Å². The molecule has 2 unspecified atom stereocenters. The summed E-state index contributed by atoms with van der Waals surface area (Å²) in [5.74, 6) is 2.20. The average Bonchev–Trinajstić information content (AvgIpc) is 3.70. The Morgan fingerprint density at radius 1 is 0.936 bits per heavy atom. The number of rotatable bonds is 14. The van der Waals surface area contributed by atoms with E-state index in [1.54, 1.807) is 13.2 Å². The molecule has 4 aliphatic rings. The molecule has 47 heavy (non-hydrogen) atoms. The molecule has 2 saturated heterocycles. The molecule has 2 aromatic rings. The second-order valence-corrected chi connectivity index (χ2v) is 14.0. The predicted molar refractivity (Wildman–Crippen MR) is 191 cm³/mol. The van der Waals surface area contributed by atoms with E-state index in [2.05, 4.69) is 52.9 Å². The third-order valence-corrected chi connectivity index (χ3v) is 10.6. The van der Waals surface area contributed by atoms with E-state index in [0.717, 1.165) is 113 Å². The van der Waals surface area contributed by atoms with Gasteiger partial charge in [0.15, 0.2) is 11.5 Å². The van der Waals surface area contributed by atoms with Crippen LogP contribution < -0.4 is 14.2 Å². The molecular formula is C37H49N5O4S. The van der Waals surface area contributed by atoms with Gasteiger partial charge in [0, 0.05) is 50.6 Å². The second-order valence-electron chi connectivity index (χ2n) is 12.7. The van der Waals surface area contributed by atoms with Gasteiger partial charge in [-0.3, -0.25) is 9.79 Å². The summed E-state index contributed by atoms with van der Waals surface area (Å²) in [5.41, 5.74) is 3.55. The standard InChI is InChI=1S/C37H49N5O4S/c1-4-32-27(2)47-36(39-32)28-11-9-13-30(23-28)45-21-7-5-14-40-17-19-41(20-18-40)15-6-8-22-46-35-25-33-31(24-34(35)44-3)37(43)42-16-10-12-29(42)26-38-33/h4,9,11,13,23-27,29H,5-8,10,12,14-22H2,1-3H3/b32-4+. The summed E-state index contributed by atoms with van der Waals surface area (Å²) in [5, 5.41) is 1.49. The van der Waals surface area contributed by atoms with E-state index in [4.69, 9.17) is 19.2 Å². The summed E-state index contributed by atoms with van der Waals surface area (Å²) in [6, 6.07) is 12.1. The molecule has 0 bridgehead atoms. The first-order valence-electron chi connectivity index (χ1n) is 17.3. The third-order valence-electron chi connectivity index (χ3n) is 9.50. The molecule has 2 atom stereocenters. The van der Waals surface area contributed by atoms with Crippen LogP contribution in [0.2, 0.25) is 0 Å². The van der Waals surface area contributed by atoms with Crippen molar-refractivity contribution in [1.82, 2.24) is 14.7 Å². The molecule has 0 radical (unpaired) electrons. The Morgan fingerprint density at radius 3 is 2.38 bits per heavy atom. The maximum atomic E-state index is 13.1. The van der Waals surface area contributed by atoms with Crippen molar-refractivity contribution in [2.75, 3.05) is 66.1 Å². The maximum Gasteiger partial charge on any atom is 0.256 e. The highest BCUT2D eigenvalue weighted by Crippen LogP contribution is 2.38. The quantitative estimate of drug-likeness (QED) is 0.216. The lowest BCUT2D eigenvalue weighted by Crippen LogP contribution is -2.46. The van der Waals surface area contributed by atoms with Crippen LogP contribution in [-0.2, 0) is 0 Å². The van der Waals surface area contributed by atoms with Gasteiger partial charge in [-0.15, -0.1) is 0 Å². The number of ether oxygens (including phenoxy) is 3. The van der Waals surface area contributed by atoms with Crippen LogP contribution in [0.4, 0.5) is 5.69 Å². The van der Waals surface area contributed by atoms with E-state index in [1.165, 1.54) is 0 Å². The number of carbonyl (C=O) groups is 1. The van der Waals surface area contributed by atoms with E-state index < -0.39 is 0 Å². The SMILES string of the molecule is C/C=C1/N=C(c2cccc(OCCCCN3CCN(CCCCOc4cc5c(cc4OC)C(=O)N4CCCC4C=N5)CC3)c2)SC1C. The monoisotopic (exact) mass is 659 g/mol. The maximum absolute atomic E-state index is 13.1. The highest BCUT2D eigenvalue weighted by molar-refractivity contribution is 8.15. The molecule has 6 rings (SSSR count). The lowest BCUT2D eigenvalue weighted by atomic mass is 10.1. The zero-order valence-electron chi connectivity index (χ0n) is 28.2. The molecule has 0 spiro atoms. The summed E-state index contributed by atoms with van der Waals surface area (Å²) < 4.78 is 17.8. The highest BCUT2D eigenvalue weighted by Gasteiger charge is 2.32. The van der Waals surface area contributed by atoms with Gasteiger partial charge in [0.2, 0.25) is 0 Å². The molecule has 0 N–H and O–H groups in total. The van der Waals surface area contributed by atoms with E-state index >= 15 is 0 Å². The van der Waals surface area contributed by atoms with Crippen molar-refractivity contribution < 1.29 is 19.0 Å². The average molecular weight is 660 g/mol. The minimum Gasteiger partial charge on any atom is -0.494 e. The van der Waals surface area contributed by atoms with Gasteiger partial charge < -0.3 is 28.9 Å². The molecule has 2 aromatic carbocycles. The molecule has 10 heteroatoms. The zero-order chi connectivity index (χ0) is 32.6. The molecule has 2 fully saturated rings. The number of piperazine rings is 1. The first-order valence-corrected chi connectivity index (χ1v) is 18.2. The summed E-state index contributed by atoms with van der Waals surface area (Å²) in [6.07, 6.45) is 10.2. The number of carbonyl (C=O) groups excluding carboxylic acids is 1. The van der Waals surface area contributed by atoms with Crippen LogP contribution in [0.25, 0.3) is 0 Å². The van der Waals surface area contributed by atoms with Crippen LogP contribution >= 0.6 is 11.8 Å². The number of hydrogen-bond acceptors (Lipinski definition) is 9. The Kier molecular flexibility index (Phi) is 11.5. The summed E-state index contributed by atoms with van der Waals surface area (Å²) in [6.45, 7) is 13.1. The van der Waals surface area contributed by atoms with E-state index in [0.29, 0.717) is 34.6 Å². The van der Waals surface area contributed by atoms with Gasteiger partial charge in [0.05, 0.1) is 48.6 Å². The first kappa shape index (κ1) is 33.6. The van der Waals surface area contributed by atoms with Crippen LogP contribution in [0.3, 0.4) is 0 Å². The van der Waals surface area contributed by atoms with Crippen molar-refractivity contribution in [2.24, 2.45) is 9.98 Å². The molecular weight excluding hydrogens is 611 g/mol. The van der Waals surface area contributed by atoms with Gasteiger partial charge in [-0.1, -0.05) is 30.0 Å². The minimum atomic E-state index is 0.0315. The topological polar surface area (TPSA) is 79.2 Å². The number of unbranched alkanes of at least 4 members (excludes halogenated alkanes) is 2. The van der Waals surface area contributed by atoms with Gasteiger partial charge in [0.25, 0.3) is 5.91 Å². The van der Waals surface area contributed by atoms with Crippen LogP contribution in [0.1, 0.15) is 68.3 Å². The van der Waals surface area contributed by atoms with Gasteiger partial charge in [-0.2, -0.15) is 0 Å². The summed E-state index contributed by atoms with van der Waals surface area (Å²) >= 11 is 1.81. The Bertz CT molecular complexity index is 1490. The lowest BCUT2D eigenvalue weighted by Gasteiger charge is -2.34. The third kappa shape index (κ3) is 8.39. The Labute approximate surface area is 284 Å². The Balaban J connectivity index is 0.846. The molecule has 0 aliphatic carbocycles. The van der Waals surface area contributed by atoms with Crippen molar-refractivity contribution in [2.45, 2.75) is 63.7 Å². The largest absolute Gasteiger partial charge is 0.494 e. The molecule has 4 heterocycles. The van der Waals surface area contributed by atoms with Crippen molar-refractivity contribution in [3.63, 3.8) is 0 Å². The van der Waals surface area contributed by atoms with E-state index in [9.17, 15) is 4.79 Å². The molecule has 0 saturated carbocycles. The summed E-state index contributed by atoms with van der Waals surface area (Å²) in [4.78, 5) is 29.6. The number of thioether (sulfide) groups is 1. The second kappa shape index (κ2) is 16.2. The van der Waals surface area contributed by atoms with Gasteiger partial charge >= 0.3 is 0 Å². The number of hydrogen-bond donors (Lipinski definition) is 0. The van der Waals surface area contributed by atoms with Crippen molar-refractivity contribution in [3.05, 3.63) is 59.3 Å². The van der Waals surface area contributed by atoms with Crippen LogP contribution in [-0.4, -0.2) is 109 Å². The van der Waals surface area contributed by atoms with Gasteiger partial charge in [-0.05, 0) is 83.7 Å². The number of methoxy groups -OCH3 is 1. The fourth-order valence-electron chi connectivity index (χ4n) is 6.72. The van der Waals surface area contributed by atoms with E-state index in [1.807, 2.05) is 35.0 Å². The smallest absolute Gasteiger partial charge is 0.256 e. The van der Waals surface area contributed by atoms with Crippen molar-refractivity contribution in [1.29, 1.82) is 0 Å². The number of allylic oxidation sites excluding steroid dienone is 1. The van der Waals surface area contributed by atoms with E-state index in [-0.39, 0.29) is 11.9 Å².